The number of benzene rings is 3. The Morgan fingerprint density at radius 1 is 1.00 bits per heavy atom. The molecule has 2 N–H and O–H groups in total. The number of rotatable bonds is 3. The fourth-order valence-corrected chi connectivity index (χ4v) is 4.60. The Labute approximate surface area is 175 Å². The van der Waals surface area contributed by atoms with Crippen LogP contribution in [-0.2, 0) is 17.6 Å². The first-order chi connectivity index (χ1) is 14.5. The topological polar surface area (TPSA) is 61.4 Å². The second-order valence-corrected chi connectivity index (χ2v) is 7.91. The van der Waals surface area contributed by atoms with Crippen LogP contribution in [0.1, 0.15) is 29.7 Å². The molecular formula is C25H23N3O2. The maximum Gasteiger partial charge on any atom is 0.322 e. The van der Waals surface area contributed by atoms with Crippen LogP contribution < -0.4 is 10.6 Å². The van der Waals surface area contributed by atoms with Gasteiger partial charge in [-0.05, 0) is 59.4 Å². The number of carbonyl (C=O) groups excluding carboxylic acids is 2. The first-order valence-electron chi connectivity index (χ1n) is 10.2. The van der Waals surface area contributed by atoms with Crippen molar-refractivity contribution in [1.29, 1.82) is 0 Å². The van der Waals surface area contributed by atoms with E-state index in [1.165, 1.54) is 21.4 Å². The predicted molar refractivity (Wildman–Crippen MR) is 118 cm³/mol. The van der Waals surface area contributed by atoms with Gasteiger partial charge in [0.25, 0.3) is 5.91 Å². The van der Waals surface area contributed by atoms with Crippen LogP contribution in [0.25, 0.3) is 10.8 Å². The Balaban J connectivity index is 1.64. The van der Waals surface area contributed by atoms with E-state index < -0.39 is 6.04 Å². The molecule has 5 rings (SSSR count). The number of para-hydroxylation sites is 1. The molecule has 30 heavy (non-hydrogen) atoms. The summed E-state index contributed by atoms with van der Waals surface area (Å²) in [6.07, 6.45) is 2.07. The third-order valence-corrected chi connectivity index (χ3v) is 6.25. The number of amides is 3. The molecule has 1 heterocycles. The molecule has 2 aliphatic rings. The Kier molecular flexibility index (Phi) is 4.31. The first-order valence-corrected chi connectivity index (χ1v) is 10.2. The molecule has 0 unspecified atom stereocenters. The molecular weight excluding hydrogens is 374 g/mol. The third-order valence-electron chi connectivity index (χ3n) is 6.25. The van der Waals surface area contributed by atoms with Gasteiger partial charge in [-0.1, -0.05) is 48.5 Å². The fourth-order valence-electron chi connectivity index (χ4n) is 4.60. The maximum absolute atomic E-state index is 13.3. The van der Waals surface area contributed by atoms with Crippen LogP contribution in [0.2, 0.25) is 0 Å². The lowest BCUT2D eigenvalue weighted by molar-refractivity contribution is -0.113. The van der Waals surface area contributed by atoms with Crippen LogP contribution in [-0.4, -0.2) is 23.9 Å². The number of hydrogen-bond acceptors (Lipinski definition) is 2. The van der Waals surface area contributed by atoms with E-state index in [4.69, 9.17) is 0 Å². The van der Waals surface area contributed by atoms with E-state index in [0.717, 1.165) is 29.5 Å². The number of anilines is 1. The normalized spacial score (nSPS) is 18.0. The highest BCUT2D eigenvalue weighted by atomic mass is 16.2. The third kappa shape index (κ3) is 2.86. The molecule has 0 spiro atoms. The summed E-state index contributed by atoms with van der Waals surface area (Å²) in [5, 5.41) is 8.41. The lowest BCUT2D eigenvalue weighted by atomic mass is 9.89. The summed E-state index contributed by atoms with van der Waals surface area (Å²) in [6, 6.07) is 19.2. The van der Waals surface area contributed by atoms with Crippen LogP contribution in [0.15, 0.2) is 71.9 Å². The van der Waals surface area contributed by atoms with E-state index in [9.17, 15) is 9.59 Å². The van der Waals surface area contributed by atoms with Crippen LogP contribution in [0.3, 0.4) is 0 Å². The van der Waals surface area contributed by atoms with Crippen LogP contribution in [0, 0.1) is 0 Å². The van der Waals surface area contributed by atoms with Crippen LogP contribution in [0.5, 0.6) is 0 Å². The monoisotopic (exact) mass is 397 g/mol. The average Bonchev–Trinajstić information content (AvgIpc) is 3.18. The molecule has 5 nitrogen and oxygen atoms in total. The van der Waals surface area contributed by atoms with Crippen molar-refractivity contribution in [3.05, 3.63) is 88.6 Å². The zero-order chi connectivity index (χ0) is 20.8. The van der Waals surface area contributed by atoms with Gasteiger partial charge >= 0.3 is 6.03 Å². The van der Waals surface area contributed by atoms with Gasteiger partial charge in [-0.15, -0.1) is 0 Å². The second kappa shape index (κ2) is 7.02. The zero-order valence-electron chi connectivity index (χ0n) is 17.0. The Bertz CT molecular complexity index is 1200. The SMILES string of the molecule is CC1=C(C(=O)Nc2ccccc2)[C@@H](c2ccc3c4c(cccc24)CC3)NC(=O)N1C. The molecule has 1 aliphatic heterocycles. The number of nitrogens with one attached hydrogen (secondary N) is 2. The van der Waals surface area contributed by atoms with Crippen LogP contribution >= 0.6 is 0 Å². The number of allylic oxidation sites excluding steroid dienone is 1. The van der Waals surface area contributed by atoms with Gasteiger partial charge in [-0.25, -0.2) is 4.79 Å². The number of nitrogens with zero attached hydrogens (tertiary/aromatic N) is 1. The Morgan fingerprint density at radius 2 is 1.73 bits per heavy atom. The largest absolute Gasteiger partial charge is 0.326 e. The van der Waals surface area contributed by atoms with Crippen molar-refractivity contribution < 1.29 is 9.59 Å². The van der Waals surface area contributed by atoms with E-state index >= 15 is 0 Å². The molecule has 3 aromatic carbocycles. The highest BCUT2D eigenvalue weighted by molar-refractivity contribution is 6.07. The zero-order valence-corrected chi connectivity index (χ0v) is 17.0. The molecule has 5 heteroatoms. The van der Waals surface area contributed by atoms with Gasteiger partial charge in [0.15, 0.2) is 0 Å². The average molecular weight is 397 g/mol. The highest BCUT2D eigenvalue weighted by Gasteiger charge is 2.35. The summed E-state index contributed by atoms with van der Waals surface area (Å²) in [5.74, 6) is -0.209. The molecule has 3 aromatic rings. The van der Waals surface area contributed by atoms with Crippen molar-refractivity contribution >= 4 is 28.4 Å². The molecule has 0 saturated carbocycles. The molecule has 0 radical (unpaired) electrons. The van der Waals surface area contributed by atoms with Gasteiger partial charge in [0.1, 0.15) is 0 Å². The van der Waals surface area contributed by atoms with Gasteiger partial charge in [0.05, 0.1) is 11.6 Å². The minimum Gasteiger partial charge on any atom is -0.326 e. The second-order valence-electron chi connectivity index (χ2n) is 7.91. The molecule has 1 atom stereocenters. The van der Waals surface area contributed by atoms with Crippen molar-refractivity contribution in [2.75, 3.05) is 12.4 Å². The van der Waals surface area contributed by atoms with E-state index in [1.807, 2.05) is 37.3 Å². The molecule has 0 fully saturated rings. The minimum atomic E-state index is -0.512. The molecule has 150 valence electrons. The van der Waals surface area contributed by atoms with Crippen molar-refractivity contribution in [2.24, 2.45) is 0 Å². The number of hydrogen-bond donors (Lipinski definition) is 2. The van der Waals surface area contributed by atoms with Gasteiger partial charge < -0.3 is 15.5 Å². The smallest absolute Gasteiger partial charge is 0.322 e. The summed E-state index contributed by atoms with van der Waals surface area (Å²) in [6.45, 7) is 1.83. The van der Waals surface area contributed by atoms with E-state index in [2.05, 4.69) is 41.0 Å². The number of carbonyl (C=O) groups is 2. The predicted octanol–water partition coefficient (Wildman–Crippen LogP) is 4.55. The van der Waals surface area contributed by atoms with Crippen molar-refractivity contribution in [1.82, 2.24) is 10.2 Å². The standard InChI is InChI=1S/C25H23N3O2/c1-15-21(24(29)26-18-8-4-3-5-9-18)23(27-25(30)28(15)2)20-14-13-17-12-11-16-7-6-10-19(20)22(16)17/h3-10,13-14,23H,11-12H2,1-2H3,(H,26,29)(H,27,30)/t23-/m1/s1. The molecule has 0 aromatic heterocycles. The van der Waals surface area contributed by atoms with Crippen molar-refractivity contribution in [3.8, 4) is 0 Å². The summed E-state index contributed by atoms with van der Waals surface area (Å²) >= 11 is 0. The summed E-state index contributed by atoms with van der Waals surface area (Å²) < 4.78 is 0. The lowest BCUT2D eigenvalue weighted by Crippen LogP contribution is -2.46. The molecule has 0 bridgehead atoms. The number of urea groups is 1. The van der Waals surface area contributed by atoms with Crippen molar-refractivity contribution in [3.63, 3.8) is 0 Å². The molecule has 3 amide bonds. The molecule has 0 saturated heterocycles. The van der Waals surface area contributed by atoms with Gasteiger partial charge in [-0.2, -0.15) is 0 Å². The summed E-state index contributed by atoms with van der Waals surface area (Å²) in [7, 11) is 1.68. The lowest BCUT2D eigenvalue weighted by Gasteiger charge is -2.34. The van der Waals surface area contributed by atoms with Crippen LogP contribution in [0.4, 0.5) is 10.5 Å². The Hall–Kier alpha value is -3.60. The Morgan fingerprint density at radius 3 is 2.50 bits per heavy atom. The fraction of sp³-hybridized carbons (Fsp3) is 0.200. The molecule has 1 aliphatic carbocycles. The highest BCUT2D eigenvalue weighted by Crippen LogP contribution is 2.39. The van der Waals surface area contributed by atoms with E-state index in [-0.39, 0.29) is 11.9 Å². The van der Waals surface area contributed by atoms with Gasteiger partial charge in [0, 0.05) is 18.4 Å². The van der Waals surface area contributed by atoms with Gasteiger partial charge in [-0.3, -0.25) is 4.79 Å². The van der Waals surface area contributed by atoms with E-state index in [1.54, 1.807) is 7.05 Å². The minimum absolute atomic E-state index is 0.209. The number of aryl methyl sites for hydroxylation is 2. The summed E-state index contributed by atoms with van der Waals surface area (Å²) in [4.78, 5) is 27.5. The quantitative estimate of drug-likeness (QED) is 0.681. The first kappa shape index (κ1) is 18.4. The van der Waals surface area contributed by atoms with E-state index in [0.29, 0.717) is 11.3 Å². The van der Waals surface area contributed by atoms with Gasteiger partial charge in [0.2, 0.25) is 0 Å². The summed E-state index contributed by atoms with van der Waals surface area (Å²) in [5.41, 5.74) is 5.55. The van der Waals surface area contributed by atoms with Crippen molar-refractivity contribution in [2.45, 2.75) is 25.8 Å². The maximum atomic E-state index is 13.3.